The molecule has 0 N–H and O–H groups in total. The minimum atomic E-state index is -0.656. The number of halogens is 4. The summed E-state index contributed by atoms with van der Waals surface area (Å²) in [7, 11) is 0. The van der Waals surface area contributed by atoms with Crippen molar-refractivity contribution in [2.75, 3.05) is 9.80 Å². The van der Waals surface area contributed by atoms with Gasteiger partial charge >= 0.3 is 0 Å². The van der Waals surface area contributed by atoms with Crippen LogP contribution in [0.3, 0.4) is 0 Å². The van der Waals surface area contributed by atoms with E-state index in [4.69, 9.17) is 0 Å². The van der Waals surface area contributed by atoms with Gasteiger partial charge in [-0.15, -0.1) is 0 Å². The van der Waals surface area contributed by atoms with Crippen LogP contribution in [0, 0.1) is 23.3 Å². The maximum Gasteiger partial charge on any atom is 0.128 e. The first-order valence-corrected chi connectivity index (χ1v) is 18.8. The topological polar surface area (TPSA) is 6.48 Å². The number of hydrogen-bond donors (Lipinski definition) is 0. The fraction of sp³-hybridized carbons (Fsp3) is 0.0588. The highest BCUT2D eigenvalue weighted by molar-refractivity contribution is 6.25. The molecule has 0 aliphatic heterocycles. The third-order valence-electron chi connectivity index (χ3n) is 11.4. The van der Waals surface area contributed by atoms with Gasteiger partial charge in [-0.05, 0) is 122 Å². The summed E-state index contributed by atoms with van der Waals surface area (Å²) in [6.07, 6.45) is 0. The molecule has 0 spiro atoms. The molecule has 0 unspecified atom stereocenters. The first-order chi connectivity index (χ1) is 27.7. The second-order valence-electron chi connectivity index (χ2n) is 15.1. The van der Waals surface area contributed by atoms with Gasteiger partial charge in [0.15, 0.2) is 0 Å². The van der Waals surface area contributed by atoms with Crippen molar-refractivity contribution in [1.29, 1.82) is 0 Å². The molecule has 0 heterocycles. The lowest BCUT2D eigenvalue weighted by molar-refractivity contribution is 0.583. The summed E-state index contributed by atoms with van der Waals surface area (Å²) in [5, 5.41) is 6.18. The van der Waals surface area contributed by atoms with Gasteiger partial charge in [0.25, 0.3) is 0 Å². The third-order valence-corrected chi connectivity index (χ3v) is 11.4. The van der Waals surface area contributed by atoms with Crippen molar-refractivity contribution >= 4 is 66.4 Å². The molecule has 9 aromatic carbocycles. The maximum atomic E-state index is 14.9. The van der Waals surface area contributed by atoms with E-state index in [0.717, 1.165) is 89.5 Å². The van der Waals surface area contributed by atoms with E-state index in [-0.39, 0.29) is 0 Å². The number of anilines is 6. The van der Waals surface area contributed by atoms with Gasteiger partial charge in [-0.2, -0.15) is 0 Å². The van der Waals surface area contributed by atoms with Gasteiger partial charge in [0.2, 0.25) is 0 Å². The van der Waals surface area contributed by atoms with Gasteiger partial charge in [0.1, 0.15) is 23.3 Å². The second kappa shape index (κ2) is 13.1. The summed E-state index contributed by atoms with van der Waals surface area (Å²) in [5.74, 6) is -2.61. The maximum absolute atomic E-state index is 14.9. The molecule has 0 atom stereocenters. The van der Waals surface area contributed by atoms with Crippen LogP contribution in [0.5, 0.6) is 0 Å². The van der Waals surface area contributed by atoms with Crippen molar-refractivity contribution in [2.24, 2.45) is 0 Å². The molecule has 0 radical (unpaired) electrons. The average Bonchev–Trinajstić information content (AvgIpc) is 3.20. The smallest absolute Gasteiger partial charge is 0.128 e. The molecule has 1 aliphatic carbocycles. The molecule has 0 amide bonds. The monoisotopic (exact) mass is 750 g/mol. The highest BCUT2D eigenvalue weighted by atomic mass is 19.1. The summed E-state index contributed by atoms with van der Waals surface area (Å²) in [6, 6.07) is 51.7. The first-order valence-electron chi connectivity index (χ1n) is 18.8. The van der Waals surface area contributed by atoms with E-state index in [0.29, 0.717) is 11.4 Å². The van der Waals surface area contributed by atoms with Crippen molar-refractivity contribution in [3.05, 3.63) is 204 Å². The average molecular weight is 751 g/mol. The van der Waals surface area contributed by atoms with E-state index in [2.05, 4.69) is 68.4 Å². The molecule has 2 nitrogen and oxygen atoms in total. The summed E-state index contributed by atoms with van der Waals surface area (Å²) in [6.45, 7) is 4.43. The molecule has 9 aromatic rings. The van der Waals surface area contributed by atoms with Gasteiger partial charge in [-0.25, -0.2) is 17.6 Å². The van der Waals surface area contributed by atoms with Crippen molar-refractivity contribution in [2.45, 2.75) is 19.3 Å². The lowest BCUT2D eigenvalue weighted by Crippen LogP contribution is -2.24. The zero-order valence-electron chi connectivity index (χ0n) is 31.1. The Morgan fingerprint density at radius 1 is 0.351 bits per heavy atom. The van der Waals surface area contributed by atoms with Gasteiger partial charge in [0, 0.05) is 40.0 Å². The number of hydrogen-bond acceptors (Lipinski definition) is 2. The Balaban J connectivity index is 1.24. The molecule has 6 heteroatoms. The molecule has 10 rings (SSSR count). The van der Waals surface area contributed by atoms with E-state index in [1.807, 2.05) is 88.7 Å². The van der Waals surface area contributed by atoms with Crippen molar-refractivity contribution in [3.63, 3.8) is 0 Å². The molecule has 0 saturated heterocycles. The Kier molecular flexibility index (Phi) is 7.94. The molecule has 0 bridgehead atoms. The van der Waals surface area contributed by atoms with Crippen molar-refractivity contribution in [3.8, 4) is 11.1 Å². The zero-order chi connectivity index (χ0) is 39.0. The Hall–Kier alpha value is -6.92. The molecule has 57 heavy (non-hydrogen) atoms. The van der Waals surface area contributed by atoms with Gasteiger partial charge in [0.05, 0.1) is 17.1 Å². The standard InChI is InChI=1S/C51H34F4N2/c1-51(2)47-19-11-18-43-45-30-49(57(36-14-7-4-8-15-36)39-26-33(54)23-34(55)27-39)42-17-10-9-16-40(42)44(45)29-46(50(43)47)41-21-20-37(28-48(41)51)56(35-12-5-3-6-13-35)38-24-31(52)22-32(53)25-38/h3-30H,1-2H3. The minimum Gasteiger partial charge on any atom is -0.310 e. The zero-order valence-corrected chi connectivity index (χ0v) is 31.1. The summed E-state index contributed by atoms with van der Waals surface area (Å²) >= 11 is 0. The third kappa shape index (κ3) is 5.62. The predicted molar refractivity (Wildman–Crippen MR) is 226 cm³/mol. The number of rotatable bonds is 6. The molecule has 0 fully saturated rings. The number of nitrogens with zero attached hydrogens (tertiary/aromatic N) is 2. The van der Waals surface area contributed by atoms with Crippen LogP contribution in [0.2, 0.25) is 0 Å². The Morgan fingerprint density at radius 3 is 1.51 bits per heavy atom. The molecule has 1 aliphatic rings. The normalized spacial score (nSPS) is 12.9. The SMILES string of the molecule is CC1(C)c2cc(N(c3ccccc3)c3cc(F)cc(F)c3)ccc2-c2cc3c4ccccc4c(N(c4ccccc4)c4cc(F)cc(F)c4)cc3c3cccc1c23. The van der Waals surface area contributed by atoms with E-state index in [1.165, 1.54) is 24.3 Å². The van der Waals surface area contributed by atoms with Crippen LogP contribution >= 0.6 is 0 Å². The molecule has 276 valence electrons. The number of benzene rings is 9. The van der Waals surface area contributed by atoms with E-state index >= 15 is 0 Å². The van der Waals surface area contributed by atoms with E-state index < -0.39 is 28.7 Å². The van der Waals surface area contributed by atoms with E-state index in [1.54, 1.807) is 0 Å². The first kappa shape index (κ1) is 34.6. The second-order valence-corrected chi connectivity index (χ2v) is 15.1. The largest absolute Gasteiger partial charge is 0.310 e. The molecule has 0 saturated carbocycles. The lowest BCUT2D eigenvalue weighted by atomic mass is 9.68. The fourth-order valence-corrected chi connectivity index (χ4v) is 8.89. The van der Waals surface area contributed by atoms with Gasteiger partial charge in [-0.3, -0.25) is 0 Å². The fourth-order valence-electron chi connectivity index (χ4n) is 8.89. The van der Waals surface area contributed by atoms with Crippen LogP contribution in [-0.2, 0) is 5.41 Å². The van der Waals surface area contributed by atoms with Crippen LogP contribution in [-0.4, -0.2) is 0 Å². The minimum absolute atomic E-state index is 0.377. The summed E-state index contributed by atoms with van der Waals surface area (Å²) in [5.41, 5.74) is 7.79. The molecule has 0 aromatic heterocycles. The van der Waals surface area contributed by atoms with Crippen LogP contribution in [0.25, 0.3) is 43.4 Å². The Labute approximate surface area is 327 Å². The molecular weight excluding hydrogens is 717 g/mol. The quantitative estimate of drug-likeness (QED) is 0.123. The molecular formula is C51H34F4N2. The van der Waals surface area contributed by atoms with Crippen LogP contribution in [0.15, 0.2) is 170 Å². The van der Waals surface area contributed by atoms with Crippen LogP contribution in [0.4, 0.5) is 51.7 Å². The van der Waals surface area contributed by atoms with E-state index in [9.17, 15) is 17.6 Å². The van der Waals surface area contributed by atoms with Crippen molar-refractivity contribution in [1.82, 2.24) is 0 Å². The highest BCUT2D eigenvalue weighted by Crippen LogP contribution is 2.53. The van der Waals surface area contributed by atoms with Crippen LogP contribution in [0.1, 0.15) is 25.0 Å². The number of para-hydroxylation sites is 2. The Morgan fingerprint density at radius 2 is 0.877 bits per heavy atom. The highest BCUT2D eigenvalue weighted by Gasteiger charge is 2.35. The summed E-state index contributed by atoms with van der Waals surface area (Å²) in [4.78, 5) is 3.81. The van der Waals surface area contributed by atoms with Gasteiger partial charge < -0.3 is 9.80 Å². The summed E-state index contributed by atoms with van der Waals surface area (Å²) < 4.78 is 59.2. The number of fused-ring (bicyclic) bond motifs is 6. The lowest BCUT2D eigenvalue weighted by Gasteiger charge is -2.37. The van der Waals surface area contributed by atoms with Crippen LogP contribution < -0.4 is 9.80 Å². The Bertz CT molecular complexity index is 3010. The van der Waals surface area contributed by atoms with Gasteiger partial charge in [-0.1, -0.05) is 98.8 Å². The predicted octanol–water partition coefficient (Wildman–Crippen LogP) is 14.9. The van der Waals surface area contributed by atoms with Crippen molar-refractivity contribution < 1.29 is 17.6 Å².